The molecule has 3 nitrogen and oxygen atoms in total. The summed E-state index contributed by atoms with van der Waals surface area (Å²) >= 11 is 0. The minimum atomic E-state index is -0.192. The van der Waals surface area contributed by atoms with Crippen molar-refractivity contribution in [3.05, 3.63) is 12.2 Å². The summed E-state index contributed by atoms with van der Waals surface area (Å²) in [6.45, 7) is 15.2. The van der Waals surface area contributed by atoms with Gasteiger partial charge >= 0.3 is 6.03 Å². The molecule has 2 amide bonds. The molecule has 0 aromatic heterocycles. The second-order valence-electron chi connectivity index (χ2n) is 7.02. The molecule has 1 N–H and O–H groups in total. The predicted molar refractivity (Wildman–Crippen MR) is 83.4 cm³/mol. The molecule has 0 radical (unpaired) electrons. The number of hydrogen-bond acceptors (Lipinski definition) is 1. The van der Waals surface area contributed by atoms with Crippen molar-refractivity contribution in [1.82, 2.24) is 10.2 Å². The van der Waals surface area contributed by atoms with Crippen molar-refractivity contribution in [3.8, 4) is 0 Å². The number of urea groups is 1. The Balaban J connectivity index is 4.49. The van der Waals surface area contributed by atoms with E-state index in [-0.39, 0.29) is 17.1 Å². The number of carbonyl (C=O) groups excluding carboxylic acids is 1. The van der Waals surface area contributed by atoms with E-state index >= 15 is 0 Å². The molecule has 0 aliphatic carbocycles. The fourth-order valence-corrected chi connectivity index (χ4v) is 1.78. The van der Waals surface area contributed by atoms with Gasteiger partial charge in [0.2, 0.25) is 0 Å². The highest BCUT2D eigenvalue weighted by Gasteiger charge is 2.28. The highest BCUT2D eigenvalue weighted by Crippen LogP contribution is 2.16. The van der Waals surface area contributed by atoms with Crippen LogP contribution in [-0.4, -0.2) is 28.6 Å². The smallest absolute Gasteiger partial charge is 0.318 e. The highest BCUT2D eigenvalue weighted by molar-refractivity contribution is 5.75. The minimum absolute atomic E-state index is 0.0273. The zero-order valence-electron chi connectivity index (χ0n) is 13.8. The molecule has 0 unspecified atom stereocenters. The van der Waals surface area contributed by atoms with Crippen molar-refractivity contribution < 1.29 is 4.79 Å². The quantitative estimate of drug-likeness (QED) is 0.584. The standard InChI is InChI=1S/C16H32N2O/c1-8-9-10-11-12-13-18(16(5,6)7)14(19)17-15(2,3)4/h9-10H,8,11-13H2,1-7H3,(H,17,19)/b10-9-. The van der Waals surface area contributed by atoms with Gasteiger partial charge in [-0.1, -0.05) is 19.1 Å². The van der Waals surface area contributed by atoms with E-state index < -0.39 is 0 Å². The van der Waals surface area contributed by atoms with Gasteiger partial charge in [-0.3, -0.25) is 0 Å². The molecule has 0 aromatic carbocycles. The van der Waals surface area contributed by atoms with Crippen molar-refractivity contribution in [2.45, 2.75) is 78.8 Å². The Morgan fingerprint density at radius 3 is 2.11 bits per heavy atom. The summed E-state index contributed by atoms with van der Waals surface area (Å²) < 4.78 is 0. The van der Waals surface area contributed by atoms with Crippen LogP contribution >= 0.6 is 0 Å². The number of hydrogen-bond donors (Lipinski definition) is 1. The molecular weight excluding hydrogens is 236 g/mol. The number of unbranched alkanes of at least 4 members (excludes halogenated alkanes) is 1. The lowest BCUT2D eigenvalue weighted by Crippen LogP contribution is -2.55. The first-order valence-electron chi connectivity index (χ1n) is 7.32. The third kappa shape index (κ3) is 8.68. The summed E-state index contributed by atoms with van der Waals surface area (Å²) in [5, 5.41) is 3.05. The van der Waals surface area contributed by atoms with Crippen molar-refractivity contribution in [1.29, 1.82) is 0 Å². The van der Waals surface area contributed by atoms with E-state index in [0.717, 1.165) is 25.8 Å². The number of nitrogens with zero attached hydrogens (tertiary/aromatic N) is 1. The Bertz CT molecular complexity index is 295. The van der Waals surface area contributed by atoms with Gasteiger partial charge in [-0.15, -0.1) is 0 Å². The van der Waals surface area contributed by atoms with Gasteiger partial charge in [0.05, 0.1) is 0 Å². The molecule has 0 bridgehead atoms. The van der Waals surface area contributed by atoms with Crippen LogP contribution in [0, 0.1) is 0 Å². The fraction of sp³-hybridized carbons (Fsp3) is 0.812. The van der Waals surface area contributed by atoms with Crippen LogP contribution in [0.15, 0.2) is 12.2 Å². The number of amides is 2. The molecule has 0 rings (SSSR count). The summed E-state index contributed by atoms with van der Waals surface area (Å²) in [7, 11) is 0. The minimum Gasteiger partial charge on any atom is -0.333 e. The molecule has 0 saturated heterocycles. The van der Waals surface area contributed by atoms with Crippen molar-refractivity contribution >= 4 is 6.03 Å². The number of allylic oxidation sites excluding steroid dienone is 2. The van der Waals surface area contributed by atoms with Crippen LogP contribution in [0.3, 0.4) is 0 Å². The molecular formula is C16H32N2O. The number of nitrogens with one attached hydrogen (secondary N) is 1. The average Bonchev–Trinajstić information content (AvgIpc) is 2.18. The molecule has 3 heteroatoms. The summed E-state index contributed by atoms with van der Waals surface area (Å²) in [5.41, 5.74) is -0.341. The predicted octanol–water partition coefficient (Wildman–Crippen LogP) is 4.34. The first-order chi connectivity index (χ1) is 8.58. The zero-order chi connectivity index (χ0) is 15.1. The highest BCUT2D eigenvalue weighted by atomic mass is 16.2. The fourth-order valence-electron chi connectivity index (χ4n) is 1.78. The summed E-state index contributed by atoms with van der Waals surface area (Å²) in [4.78, 5) is 14.3. The van der Waals surface area contributed by atoms with E-state index in [1.54, 1.807) is 0 Å². The molecule has 0 saturated carbocycles. The zero-order valence-corrected chi connectivity index (χ0v) is 13.8. The molecule has 0 heterocycles. The Morgan fingerprint density at radius 1 is 1.11 bits per heavy atom. The van der Waals surface area contributed by atoms with E-state index in [1.807, 2.05) is 25.7 Å². The van der Waals surface area contributed by atoms with E-state index in [4.69, 9.17) is 0 Å². The maximum Gasteiger partial charge on any atom is 0.318 e. The van der Waals surface area contributed by atoms with Gasteiger partial charge in [-0.25, -0.2) is 4.79 Å². The van der Waals surface area contributed by atoms with E-state index in [2.05, 4.69) is 45.2 Å². The van der Waals surface area contributed by atoms with Crippen LogP contribution in [0.5, 0.6) is 0 Å². The van der Waals surface area contributed by atoms with Crippen LogP contribution in [0.2, 0.25) is 0 Å². The molecule has 0 spiro atoms. The average molecular weight is 268 g/mol. The summed E-state index contributed by atoms with van der Waals surface area (Å²) in [5.74, 6) is 0. The lowest BCUT2D eigenvalue weighted by atomic mass is 10.0. The molecule has 0 atom stereocenters. The normalized spacial score (nSPS) is 12.8. The van der Waals surface area contributed by atoms with E-state index in [1.165, 1.54) is 0 Å². The van der Waals surface area contributed by atoms with Gasteiger partial charge < -0.3 is 10.2 Å². The van der Waals surface area contributed by atoms with Crippen LogP contribution in [0.4, 0.5) is 4.79 Å². The molecule has 0 aliphatic rings. The molecule has 0 fully saturated rings. The maximum atomic E-state index is 12.3. The van der Waals surface area contributed by atoms with Crippen LogP contribution in [0.25, 0.3) is 0 Å². The van der Waals surface area contributed by atoms with Crippen molar-refractivity contribution in [3.63, 3.8) is 0 Å². The van der Waals surface area contributed by atoms with Gasteiger partial charge in [-0.05, 0) is 60.8 Å². The first kappa shape index (κ1) is 18.0. The molecule has 0 aliphatic heterocycles. The lowest BCUT2D eigenvalue weighted by Gasteiger charge is -2.37. The van der Waals surface area contributed by atoms with Crippen LogP contribution < -0.4 is 5.32 Å². The Labute approximate surface area is 119 Å². The molecule has 0 aromatic rings. The van der Waals surface area contributed by atoms with Crippen LogP contribution in [0.1, 0.15) is 67.7 Å². The Morgan fingerprint density at radius 2 is 1.68 bits per heavy atom. The molecule has 112 valence electrons. The lowest BCUT2D eigenvalue weighted by molar-refractivity contribution is 0.137. The van der Waals surface area contributed by atoms with Gasteiger partial charge in [-0.2, -0.15) is 0 Å². The second kappa shape index (κ2) is 7.56. The van der Waals surface area contributed by atoms with Gasteiger partial charge in [0.1, 0.15) is 0 Å². The SMILES string of the molecule is CC/C=C\CCCN(C(=O)NC(C)(C)C)C(C)(C)C. The van der Waals surface area contributed by atoms with Crippen molar-refractivity contribution in [2.75, 3.05) is 6.54 Å². The number of rotatable bonds is 5. The van der Waals surface area contributed by atoms with Gasteiger partial charge in [0.15, 0.2) is 0 Å². The van der Waals surface area contributed by atoms with Crippen LogP contribution in [-0.2, 0) is 0 Å². The largest absolute Gasteiger partial charge is 0.333 e. The van der Waals surface area contributed by atoms with Gasteiger partial charge in [0, 0.05) is 17.6 Å². The monoisotopic (exact) mass is 268 g/mol. The topological polar surface area (TPSA) is 32.3 Å². The van der Waals surface area contributed by atoms with E-state index in [0.29, 0.717) is 0 Å². The van der Waals surface area contributed by atoms with Crippen molar-refractivity contribution in [2.24, 2.45) is 0 Å². The molecule has 19 heavy (non-hydrogen) atoms. The van der Waals surface area contributed by atoms with Gasteiger partial charge in [0.25, 0.3) is 0 Å². The third-order valence-corrected chi connectivity index (χ3v) is 2.69. The Hall–Kier alpha value is -0.990. The third-order valence-electron chi connectivity index (χ3n) is 2.69. The Kier molecular flexibility index (Phi) is 7.17. The van der Waals surface area contributed by atoms with E-state index in [9.17, 15) is 4.79 Å². The second-order valence-corrected chi connectivity index (χ2v) is 7.02. The summed E-state index contributed by atoms with van der Waals surface area (Å²) in [6.07, 6.45) is 7.49. The first-order valence-corrected chi connectivity index (χ1v) is 7.32. The maximum absolute atomic E-state index is 12.3. The summed E-state index contributed by atoms with van der Waals surface area (Å²) in [6, 6.07) is 0.0273. The number of carbonyl (C=O) groups is 1.